The molecule has 0 N–H and O–H groups in total. The molecule has 0 heterocycles. The van der Waals surface area contributed by atoms with Crippen LogP contribution in [0.3, 0.4) is 0 Å². The molecule has 0 saturated heterocycles. The van der Waals surface area contributed by atoms with E-state index in [-0.39, 0.29) is 0 Å². The SMILES string of the molecule is COC(=O)c1cccc(C#N)c1S. The maximum absolute atomic E-state index is 11.1. The van der Waals surface area contributed by atoms with E-state index in [2.05, 4.69) is 17.4 Å². The summed E-state index contributed by atoms with van der Waals surface area (Å²) >= 11 is 4.06. The van der Waals surface area contributed by atoms with Crippen LogP contribution in [0.5, 0.6) is 0 Å². The Balaban J connectivity index is 3.25. The lowest BCUT2D eigenvalue weighted by molar-refractivity contribution is 0.0597. The van der Waals surface area contributed by atoms with Crippen molar-refractivity contribution in [1.29, 1.82) is 5.26 Å². The number of ether oxygens (including phenoxy) is 1. The second kappa shape index (κ2) is 3.97. The van der Waals surface area contributed by atoms with Gasteiger partial charge < -0.3 is 4.74 Å². The summed E-state index contributed by atoms with van der Waals surface area (Å²) in [6, 6.07) is 6.70. The van der Waals surface area contributed by atoms with Crippen LogP contribution in [-0.4, -0.2) is 13.1 Å². The number of hydrogen-bond acceptors (Lipinski definition) is 4. The minimum Gasteiger partial charge on any atom is -0.465 e. The number of nitrogens with zero attached hydrogens (tertiary/aromatic N) is 1. The largest absolute Gasteiger partial charge is 0.465 e. The van der Waals surface area contributed by atoms with Gasteiger partial charge in [-0.25, -0.2) is 4.79 Å². The van der Waals surface area contributed by atoms with E-state index in [0.717, 1.165) is 0 Å². The summed E-state index contributed by atoms with van der Waals surface area (Å²) in [5.41, 5.74) is 0.677. The fraction of sp³-hybridized carbons (Fsp3) is 0.111. The maximum atomic E-state index is 11.1. The average Bonchev–Trinajstić information content (AvgIpc) is 2.17. The standard InChI is InChI=1S/C9H7NO2S/c1-12-9(11)7-4-2-3-6(5-10)8(7)13/h2-4,13H,1H3. The van der Waals surface area contributed by atoms with Crippen LogP contribution in [0.25, 0.3) is 0 Å². The van der Waals surface area contributed by atoms with Crippen molar-refractivity contribution < 1.29 is 9.53 Å². The number of esters is 1. The van der Waals surface area contributed by atoms with Gasteiger partial charge in [-0.3, -0.25) is 0 Å². The lowest BCUT2D eigenvalue weighted by Crippen LogP contribution is -2.03. The van der Waals surface area contributed by atoms with Crippen molar-refractivity contribution in [2.75, 3.05) is 7.11 Å². The van der Waals surface area contributed by atoms with Crippen molar-refractivity contribution in [3.05, 3.63) is 29.3 Å². The molecule has 0 aliphatic rings. The third-order valence-corrected chi connectivity index (χ3v) is 2.04. The predicted molar refractivity (Wildman–Crippen MR) is 49.7 cm³/mol. The third kappa shape index (κ3) is 1.82. The molecule has 4 heteroatoms. The molecule has 0 radical (unpaired) electrons. The van der Waals surface area contributed by atoms with Gasteiger partial charge in [-0.1, -0.05) is 6.07 Å². The van der Waals surface area contributed by atoms with Gasteiger partial charge in [-0.05, 0) is 12.1 Å². The monoisotopic (exact) mass is 193 g/mol. The highest BCUT2D eigenvalue weighted by molar-refractivity contribution is 7.80. The fourth-order valence-corrected chi connectivity index (χ4v) is 1.20. The number of methoxy groups -OCH3 is 1. The summed E-state index contributed by atoms with van der Waals surface area (Å²) in [7, 11) is 1.29. The van der Waals surface area contributed by atoms with Crippen molar-refractivity contribution in [2.45, 2.75) is 4.90 Å². The summed E-state index contributed by atoms with van der Waals surface area (Å²) in [6.07, 6.45) is 0. The van der Waals surface area contributed by atoms with Crippen molar-refractivity contribution in [3.63, 3.8) is 0 Å². The zero-order valence-electron chi connectivity index (χ0n) is 6.94. The lowest BCUT2D eigenvalue weighted by Gasteiger charge is -2.02. The Bertz CT molecular complexity index is 382. The number of rotatable bonds is 1. The van der Waals surface area contributed by atoms with E-state index in [1.807, 2.05) is 6.07 Å². The van der Waals surface area contributed by atoms with Crippen LogP contribution in [0.2, 0.25) is 0 Å². The zero-order valence-corrected chi connectivity index (χ0v) is 7.84. The number of carbonyl (C=O) groups excluding carboxylic acids is 1. The highest BCUT2D eigenvalue weighted by Crippen LogP contribution is 2.18. The van der Waals surface area contributed by atoms with Gasteiger partial charge >= 0.3 is 5.97 Å². The van der Waals surface area contributed by atoms with E-state index in [0.29, 0.717) is 16.0 Å². The third-order valence-electron chi connectivity index (χ3n) is 1.56. The highest BCUT2D eigenvalue weighted by atomic mass is 32.1. The smallest absolute Gasteiger partial charge is 0.339 e. The Kier molecular flexibility index (Phi) is 2.93. The number of thiol groups is 1. The molecule has 0 aliphatic heterocycles. The Morgan fingerprint density at radius 3 is 2.85 bits per heavy atom. The topological polar surface area (TPSA) is 50.1 Å². The van der Waals surface area contributed by atoms with Crippen LogP contribution in [-0.2, 0) is 4.74 Å². The number of carbonyl (C=O) groups is 1. The molecule has 1 rings (SSSR count). The van der Waals surface area contributed by atoms with Gasteiger partial charge in [0.05, 0.1) is 18.2 Å². The summed E-state index contributed by atoms with van der Waals surface area (Å²) in [5, 5.41) is 8.65. The second-order valence-corrected chi connectivity index (χ2v) is 2.75. The lowest BCUT2D eigenvalue weighted by atomic mass is 10.1. The first-order chi connectivity index (χ1) is 6.20. The molecule has 1 aromatic carbocycles. The van der Waals surface area contributed by atoms with Crippen LogP contribution in [0.1, 0.15) is 15.9 Å². The van der Waals surface area contributed by atoms with E-state index in [1.54, 1.807) is 18.2 Å². The normalized spacial score (nSPS) is 9.00. The molecule has 0 unspecified atom stereocenters. The van der Waals surface area contributed by atoms with Crippen molar-refractivity contribution in [1.82, 2.24) is 0 Å². The van der Waals surface area contributed by atoms with E-state index < -0.39 is 5.97 Å². The molecule has 0 spiro atoms. The Morgan fingerprint density at radius 1 is 1.62 bits per heavy atom. The number of hydrogen-bond donors (Lipinski definition) is 1. The predicted octanol–water partition coefficient (Wildman–Crippen LogP) is 1.63. The van der Waals surface area contributed by atoms with E-state index in [1.165, 1.54) is 7.11 Å². The van der Waals surface area contributed by atoms with Crippen LogP contribution in [0.15, 0.2) is 23.1 Å². The van der Waals surface area contributed by atoms with Gasteiger partial charge in [0.15, 0.2) is 0 Å². The van der Waals surface area contributed by atoms with Gasteiger partial charge in [0, 0.05) is 4.90 Å². The highest BCUT2D eigenvalue weighted by Gasteiger charge is 2.11. The van der Waals surface area contributed by atoms with E-state index >= 15 is 0 Å². The molecule has 0 amide bonds. The minimum atomic E-state index is -0.484. The fourth-order valence-electron chi connectivity index (χ4n) is 0.908. The van der Waals surface area contributed by atoms with E-state index in [9.17, 15) is 4.79 Å². The van der Waals surface area contributed by atoms with Gasteiger partial charge in [-0.2, -0.15) is 5.26 Å². The Morgan fingerprint density at radius 2 is 2.31 bits per heavy atom. The average molecular weight is 193 g/mol. The second-order valence-electron chi connectivity index (χ2n) is 2.31. The maximum Gasteiger partial charge on any atom is 0.339 e. The molecular weight excluding hydrogens is 186 g/mol. The molecule has 0 aromatic heterocycles. The molecule has 13 heavy (non-hydrogen) atoms. The quantitative estimate of drug-likeness (QED) is 0.544. The van der Waals surface area contributed by atoms with Gasteiger partial charge in [0.2, 0.25) is 0 Å². The molecular formula is C9H7NO2S. The van der Waals surface area contributed by atoms with Crippen LogP contribution in [0.4, 0.5) is 0 Å². The van der Waals surface area contributed by atoms with Gasteiger partial charge in [0.1, 0.15) is 6.07 Å². The first kappa shape index (κ1) is 9.62. The summed E-state index contributed by atoms with van der Waals surface area (Å²) in [4.78, 5) is 11.5. The van der Waals surface area contributed by atoms with Crippen LogP contribution >= 0.6 is 12.6 Å². The first-order valence-electron chi connectivity index (χ1n) is 3.51. The van der Waals surface area contributed by atoms with Crippen molar-refractivity contribution in [3.8, 4) is 6.07 Å². The molecule has 3 nitrogen and oxygen atoms in total. The zero-order chi connectivity index (χ0) is 9.84. The van der Waals surface area contributed by atoms with E-state index in [4.69, 9.17) is 5.26 Å². The first-order valence-corrected chi connectivity index (χ1v) is 3.95. The van der Waals surface area contributed by atoms with Gasteiger partial charge in [0.25, 0.3) is 0 Å². The molecule has 0 fully saturated rings. The molecule has 1 aromatic rings. The number of benzene rings is 1. The van der Waals surface area contributed by atoms with Crippen LogP contribution in [0, 0.1) is 11.3 Å². The Hall–Kier alpha value is -1.47. The minimum absolute atomic E-state index is 0.310. The van der Waals surface area contributed by atoms with Crippen molar-refractivity contribution in [2.24, 2.45) is 0 Å². The van der Waals surface area contributed by atoms with Gasteiger partial charge in [-0.15, -0.1) is 12.6 Å². The molecule has 0 saturated carbocycles. The molecule has 66 valence electrons. The summed E-state index contributed by atoms with van der Waals surface area (Å²) in [6.45, 7) is 0. The molecule has 0 aliphatic carbocycles. The summed E-state index contributed by atoms with van der Waals surface area (Å²) < 4.78 is 4.52. The molecule has 0 atom stereocenters. The number of nitriles is 1. The van der Waals surface area contributed by atoms with Crippen molar-refractivity contribution >= 4 is 18.6 Å². The molecule has 0 bridgehead atoms. The van der Waals surface area contributed by atoms with Crippen LogP contribution < -0.4 is 0 Å². The Labute approximate surface area is 81.3 Å². The summed E-state index contributed by atoms with van der Waals surface area (Å²) in [5.74, 6) is -0.484.